The molecule has 0 unspecified atom stereocenters. The second-order valence-electron chi connectivity index (χ2n) is 4.08. The highest BCUT2D eigenvalue weighted by Gasteiger charge is 2.25. The zero-order valence-corrected chi connectivity index (χ0v) is 8.68. The molecule has 0 aliphatic heterocycles. The van der Waals surface area contributed by atoms with Crippen LogP contribution in [-0.4, -0.2) is 11.1 Å². The third kappa shape index (κ3) is 5.45. The summed E-state index contributed by atoms with van der Waals surface area (Å²) in [5.41, 5.74) is -0.561. The number of aliphatic carboxylic acids is 1. The zero-order valence-electron chi connectivity index (χ0n) is 8.68. The fraction of sp³-hybridized carbons (Fsp3) is 0.727. The number of carboxylic acids is 1. The number of hydrogen-bond acceptors (Lipinski definition) is 1. The Bertz CT molecular complexity index is 171. The Morgan fingerprint density at radius 3 is 2.46 bits per heavy atom. The highest BCUT2D eigenvalue weighted by atomic mass is 16.4. The molecule has 0 radical (unpaired) electrons. The van der Waals surface area contributed by atoms with Crippen molar-refractivity contribution < 1.29 is 9.90 Å². The molecule has 13 heavy (non-hydrogen) atoms. The van der Waals surface area contributed by atoms with Crippen LogP contribution in [-0.2, 0) is 4.79 Å². The van der Waals surface area contributed by atoms with E-state index in [0.717, 1.165) is 32.1 Å². The van der Waals surface area contributed by atoms with E-state index < -0.39 is 11.4 Å². The number of carboxylic acid groups (broad SMARTS) is 1. The third-order valence-electron chi connectivity index (χ3n) is 2.29. The molecule has 0 atom stereocenters. The van der Waals surface area contributed by atoms with Gasteiger partial charge in [0.2, 0.25) is 0 Å². The van der Waals surface area contributed by atoms with Gasteiger partial charge in [-0.1, -0.05) is 18.9 Å². The average Bonchev–Trinajstić information content (AvgIpc) is 2.03. The average molecular weight is 184 g/mol. The molecule has 0 aromatic rings. The zero-order chi connectivity index (χ0) is 10.3. The number of hydrogen-bond donors (Lipinski definition) is 1. The first-order chi connectivity index (χ1) is 6.00. The Morgan fingerprint density at radius 1 is 1.38 bits per heavy atom. The molecule has 0 aliphatic rings. The Morgan fingerprint density at radius 2 is 2.00 bits per heavy atom. The first-order valence-electron chi connectivity index (χ1n) is 4.85. The number of unbranched alkanes of at least 4 members (excludes halogenated alkanes) is 3. The van der Waals surface area contributed by atoms with Crippen LogP contribution in [0.5, 0.6) is 0 Å². The first-order valence-corrected chi connectivity index (χ1v) is 4.85. The molecular weight excluding hydrogens is 164 g/mol. The minimum absolute atomic E-state index is 0.561. The van der Waals surface area contributed by atoms with Gasteiger partial charge in [-0.3, -0.25) is 4.79 Å². The van der Waals surface area contributed by atoms with Gasteiger partial charge in [0, 0.05) is 0 Å². The maximum absolute atomic E-state index is 10.7. The maximum Gasteiger partial charge on any atom is 0.309 e. The predicted molar refractivity (Wildman–Crippen MR) is 54.7 cm³/mol. The summed E-state index contributed by atoms with van der Waals surface area (Å²) in [5.74, 6) is -0.698. The van der Waals surface area contributed by atoms with Gasteiger partial charge in [0.25, 0.3) is 0 Å². The van der Waals surface area contributed by atoms with Gasteiger partial charge in [0.15, 0.2) is 0 Å². The predicted octanol–water partition coefficient (Wildman–Crippen LogP) is 3.23. The topological polar surface area (TPSA) is 37.3 Å². The van der Waals surface area contributed by atoms with Crippen LogP contribution in [0.3, 0.4) is 0 Å². The summed E-state index contributed by atoms with van der Waals surface area (Å²) >= 11 is 0. The summed E-state index contributed by atoms with van der Waals surface area (Å²) in [6.07, 6.45) is 6.92. The Labute approximate surface area is 80.7 Å². The van der Waals surface area contributed by atoms with Gasteiger partial charge in [0.05, 0.1) is 5.41 Å². The monoisotopic (exact) mass is 184 g/mol. The Hall–Kier alpha value is -0.790. The third-order valence-corrected chi connectivity index (χ3v) is 2.29. The largest absolute Gasteiger partial charge is 0.481 e. The van der Waals surface area contributed by atoms with E-state index in [9.17, 15) is 4.79 Å². The minimum atomic E-state index is -0.698. The van der Waals surface area contributed by atoms with Crippen molar-refractivity contribution in [2.45, 2.75) is 46.0 Å². The van der Waals surface area contributed by atoms with E-state index in [1.54, 1.807) is 13.8 Å². The molecule has 0 bridgehead atoms. The van der Waals surface area contributed by atoms with Crippen molar-refractivity contribution in [2.75, 3.05) is 0 Å². The van der Waals surface area contributed by atoms with E-state index in [1.165, 1.54) is 0 Å². The normalized spacial score (nSPS) is 11.2. The molecule has 0 aliphatic carbocycles. The molecule has 0 fully saturated rings. The van der Waals surface area contributed by atoms with Gasteiger partial charge in [-0.25, -0.2) is 0 Å². The van der Waals surface area contributed by atoms with Crippen molar-refractivity contribution >= 4 is 5.97 Å². The Kier molecular flexibility index (Phi) is 5.44. The second kappa shape index (κ2) is 5.79. The van der Waals surface area contributed by atoms with Crippen molar-refractivity contribution in [3.05, 3.63) is 12.7 Å². The van der Waals surface area contributed by atoms with Crippen LogP contribution in [0.1, 0.15) is 46.0 Å². The highest BCUT2D eigenvalue weighted by Crippen LogP contribution is 2.23. The number of rotatable bonds is 7. The lowest BCUT2D eigenvalue weighted by Gasteiger charge is -2.18. The fourth-order valence-corrected chi connectivity index (χ4v) is 1.14. The van der Waals surface area contributed by atoms with Gasteiger partial charge in [-0.15, -0.1) is 6.58 Å². The lowest BCUT2D eigenvalue weighted by molar-refractivity contribution is -0.147. The van der Waals surface area contributed by atoms with Gasteiger partial charge in [-0.05, 0) is 33.1 Å². The summed E-state index contributed by atoms with van der Waals surface area (Å²) in [7, 11) is 0. The molecule has 0 saturated heterocycles. The van der Waals surface area contributed by atoms with Crippen molar-refractivity contribution in [3.8, 4) is 0 Å². The molecule has 2 nitrogen and oxygen atoms in total. The molecule has 0 saturated carbocycles. The Balaban J connectivity index is 3.52. The first kappa shape index (κ1) is 12.2. The van der Waals surface area contributed by atoms with Crippen LogP contribution >= 0.6 is 0 Å². The molecule has 0 aromatic heterocycles. The summed E-state index contributed by atoms with van der Waals surface area (Å²) < 4.78 is 0. The van der Waals surface area contributed by atoms with Gasteiger partial charge in [-0.2, -0.15) is 0 Å². The van der Waals surface area contributed by atoms with Crippen LogP contribution in [0, 0.1) is 5.41 Å². The van der Waals surface area contributed by atoms with E-state index in [-0.39, 0.29) is 0 Å². The standard InChI is InChI=1S/C11H20O2/c1-4-5-6-7-8-9-11(2,3)10(12)13/h4H,1,5-9H2,2-3H3,(H,12,13). The molecular formula is C11H20O2. The highest BCUT2D eigenvalue weighted by molar-refractivity contribution is 5.73. The molecule has 2 heteroatoms. The quantitative estimate of drug-likeness (QED) is 0.487. The minimum Gasteiger partial charge on any atom is -0.481 e. The van der Waals surface area contributed by atoms with Gasteiger partial charge < -0.3 is 5.11 Å². The molecule has 0 aromatic carbocycles. The van der Waals surface area contributed by atoms with Crippen LogP contribution in [0.2, 0.25) is 0 Å². The van der Waals surface area contributed by atoms with Crippen molar-refractivity contribution in [2.24, 2.45) is 5.41 Å². The van der Waals surface area contributed by atoms with E-state index >= 15 is 0 Å². The lowest BCUT2D eigenvalue weighted by atomic mass is 9.87. The van der Waals surface area contributed by atoms with Crippen LogP contribution in [0.25, 0.3) is 0 Å². The molecule has 0 spiro atoms. The maximum atomic E-state index is 10.7. The summed E-state index contributed by atoms with van der Waals surface area (Å²) in [6, 6.07) is 0. The van der Waals surface area contributed by atoms with Crippen LogP contribution in [0.15, 0.2) is 12.7 Å². The second-order valence-corrected chi connectivity index (χ2v) is 4.08. The van der Waals surface area contributed by atoms with Crippen LogP contribution < -0.4 is 0 Å². The smallest absolute Gasteiger partial charge is 0.309 e. The summed E-state index contributed by atoms with van der Waals surface area (Å²) in [6.45, 7) is 7.20. The lowest BCUT2D eigenvalue weighted by Crippen LogP contribution is -2.23. The van der Waals surface area contributed by atoms with Gasteiger partial charge in [0.1, 0.15) is 0 Å². The van der Waals surface area contributed by atoms with Gasteiger partial charge >= 0.3 is 5.97 Å². The molecule has 1 N–H and O–H groups in total. The van der Waals surface area contributed by atoms with E-state index in [2.05, 4.69) is 6.58 Å². The van der Waals surface area contributed by atoms with Crippen molar-refractivity contribution in [1.29, 1.82) is 0 Å². The molecule has 76 valence electrons. The summed E-state index contributed by atoms with van der Waals surface area (Å²) in [5, 5.41) is 8.83. The van der Waals surface area contributed by atoms with E-state index in [1.807, 2.05) is 6.08 Å². The van der Waals surface area contributed by atoms with Crippen molar-refractivity contribution in [3.63, 3.8) is 0 Å². The van der Waals surface area contributed by atoms with E-state index in [4.69, 9.17) is 5.11 Å². The fourth-order valence-electron chi connectivity index (χ4n) is 1.14. The number of carbonyl (C=O) groups is 1. The molecule has 0 rings (SSSR count). The SMILES string of the molecule is C=CCCCCCC(C)(C)C(=O)O. The van der Waals surface area contributed by atoms with Crippen LogP contribution in [0.4, 0.5) is 0 Å². The summed E-state index contributed by atoms with van der Waals surface area (Å²) in [4.78, 5) is 10.7. The van der Waals surface area contributed by atoms with Crippen molar-refractivity contribution in [1.82, 2.24) is 0 Å². The molecule has 0 heterocycles. The number of allylic oxidation sites excluding steroid dienone is 1. The van der Waals surface area contributed by atoms with E-state index in [0.29, 0.717) is 0 Å². The molecule has 0 amide bonds.